The molecule has 4 aromatic heterocycles. The Labute approximate surface area is 119 Å². The van der Waals surface area contributed by atoms with Crippen LogP contribution in [0.15, 0.2) is 33.7 Å². The number of thiophene rings is 4. The number of fused-ring (bicyclic) bond motifs is 6. The third kappa shape index (κ3) is 1.14. The van der Waals surface area contributed by atoms with Crippen molar-refractivity contribution in [2.24, 2.45) is 0 Å². The zero-order chi connectivity index (χ0) is 11.7. The van der Waals surface area contributed by atoms with Crippen molar-refractivity contribution in [1.29, 1.82) is 0 Å². The molecular weight excluding hydrogens is 296 g/mol. The Morgan fingerprint density at radius 3 is 1.50 bits per heavy atom. The molecule has 4 heteroatoms. The summed E-state index contributed by atoms with van der Waals surface area (Å²) < 4.78 is 5.70. The molecule has 4 heterocycles. The fourth-order valence-electron chi connectivity index (χ4n) is 2.51. The maximum absolute atomic E-state index is 2.38. The van der Waals surface area contributed by atoms with E-state index in [0.717, 1.165) is 0 Å². The minimum Gasteiger partial charge on any atom is -0.150 e. The molecule has 86 valence electrons. The van der Waals surface area contributed by atoms with Crippen molar-refractivity contribution < 1.29 is 0 Å². The molecule has 0 aliphatic heterocycles. The Bertz CT molecular complexity index is 937. The smallest absolute Gasteiger partial charge is 0.0462 e. The highest BCUT2D eigenvalue weighted by Gasteiger charge is 2.11. The van der Waals surface area contributed by atoms with Crippen LogP contribution in [0.2, 0.25) is 0 Å². The largest absolute Gasteiger partial charge is 0.150 e. The minimum atomic E-state index is 1.42. The lowest BCUT2D eigenvalue weighted by Gasteiger charge is -1.92. The average Bonchev–Trinajstić information content (AvgIpc) is 3.04. The third-order valence-electron chi connectivity index (χ3n) is 3.35. The van der Waals surface area contributed by atoms with Crippen LogP contribution < -0.4 is 0 Å². The van der Waals surface area contributed by atoms with Gasteiger partial charge in [-0.25, -0.2) is 0 Å². The summed E-state index contributed by atoms with van der Waals surface area (Å²) in [6.45, 7) is 0. The summed E-state index contributed by atoms with van der Waals surface area (Å²) in [6.07, 6.45) is 0. The molecule has 0 spiro atoms. The van der Waals surface area contributed by atoms with E-state index < -0.39 is 0 Å². The average molecular weight is 302 g/mol. The molecule has 1 aromatic carbocycles. The first-order valence-corrected chi connectivity index (χ1v) is 9.09. The van der Waals surface area contributed by atoms with E-state index >= 15 is 0 Å². The van der Waals surface area contributed by atoms with Crippen molar-refractivity contribution in [2.45, 2.75) is 0 Å². The molecule has 0 bridgehead atoms. The molecule has 0 saturated heterocycles. The van der Waals surface area contributed by atoms with E-state index in [1.807, 2.05) is 22.7 Å². The van der Waals surface area contributed by atoms with E-state index in [2.05, 4.69) is 33.7 Å². The van der Waals surface area contributed by atoms with Crippen LogP contribution in [0.25, 0.3) is 40.3 Å². The van der Waals surface area contributed by atoms with Crippen molar-refractivity contribution in [1.82, 2.24) is 0 Å². The van der Waals surface area contributed by atoms with Gasteiger partial charge >= 0.3 is 0 Å². The molecule has 0 N–H and O–H groups in total. The van der Waals surface area contributed by atoms with Gasteiger partial charge in [0.05, 0.1) is 0 Å². The van der Waals surface area contributed by atoms with Gasteiger partial charge in [0.15, 0.2) is 0 Å². The molecule has 18 heavy (non-hydrogen) atoms. The van der Waals surface area contributed by atoms with Crippen LogP contribution in [0.5, 0.6) is 0 Å². The predicted octanol–water partition coefficient (Wildman–Crippen LogP) is 6.55. The maximum Gasteiger partial charge on any atom is 0.0462 e. The monoisotopic (exact) mass is 302 g/mol. The molecule has 0 aliphatic rings. The second-order valence-corrected chi connectivity index (χ2v) is 8.00. The molecule has 5 rings (SSSR count). The van der Waals surface area contributed by atoms with E-state index in [4.69, 9.17) is 0 Å². The molecule has 0 unspecified atom stereocenters. The molecule has 0 aliphatic carbocycles. The molecule has 0 radical (unpaired) electrons. The van der Waals surface area contributed by atoms with E-state index in [0.29, 0.717) is 0 Å². The normalized spacial score (nSPS) is 12.4. The second-order valence-electron chi connectivity index (χ2n) is 4.35. The van der Waals surface area contributed by atoms with Crippen LogP contribution in [0.1, 0.15) is 0 Å². The highest BCUT2D eigenvalue weighted by molar-refractivity contribution is 7.30. The van der Waals surface area contributed by atoms with Crippen molar-refractivity contribution in [3.63, 3.8) is 0 Å². The Morgan fingerprint density at radius 1 is 0.500 bits per heavy atom. The molecule has 0 fully saturated rings. The number of rotatable bonds is 0. The van der Waals surface area contributed by atoms with Gasteiger partial charge in [-0.15, -0.1) is 22.7 Å². The Morgan fingerprint density at radius 2 is 1.00 bits per heavy atom. The van der Waals surface area contributed by atoms with Crippen molar-refractivity contribution in [3.8, 4) is 0 Å². The maximum atomic E-state index is 2.38. The Hall–Kier alpha value is -0.940. The molecular formula is C14H6S4. The molecule has 0 saturated carbocycles. The standard InChI is InChI=1S/C14H6S4/c1-7-9-3-15-5-13(9)18-12(7)2-8-10-4-16-6-14(10)17-11(1)8/h1-6H. The third-order valence-corrected chi connectivity index (χ3v) is 7.37. The zero-order valence-electron chi connectivity index (χ0n) is 9.10. The van der Waals surface area contributed by atoms with Gasteiger partial charge < -0.3 is 0 Å². The van der Waals surface area contributed by atoms with Crippen molar-refractivity contribution in [2.75, 3.05) is 0 Å². The Kier molecular flexibility index (Phi) is 1.84. The van der Waals surface area contributed by atoms with Gasteiger partial charge in [-0.05, 0) is 12.1 Å². The fraction of sp³-hybridized carbons (Fsp3) is 0. The summed E-state index contributed by atoms with van der Waals surface area (Å²) in [5, 5.41) is 14.8. The summed E-state index contributed by atoms with van der Waals surface area (Å²) in [5.41, 5.74) is 0. The van der Waals surface area contributed by atoms with Gasteiger partial charge in [-0.1, -0.05) is 0 Å². The minimum absolute atomic E-state index is 1.42. The van der Waals surface area contributed by atoms with E-state index in [-0.39, 0.29) is 0 Å². The Balaban J connectivity index is 2.10. The van der Waals surface area contributed by atoms with Gasteiger partial charge in [0, 0.05) is 61.9 Å². The van der Waals surface area contributed by atoms with Gasteiger partial charge in [0.25, 0.3) is 0 Å². The molecule has 0 atom stereocenters. The summed E-state index contributed by atoms with van der Waals surface area (Å²) in [5.74, 6) is 0. The van der Waals surface area contributed by atoms with Gasteiger partial charge in [0.1, 0.15) is 0 Å². The lowest BCUT2D eigenvalue weighted by atomic mass is 10.1. The van der Waals surface area contributed by atoms with Crippen LogP contribution >= 0.6 is 45.3 Å². The van der Waals surface area contributed by atoms with E-state index in [1.165, 1.54) is 40.3 Å². The van der Waals surface area contributed by atoms with Crippen molar-refractivity contribution >= 4 is 85.7 Å². The number of hydrogen-bond donors (Lipinski definition) is 0. The van der Waals surface area contributed by atoms with Crippen LogP contribution in [0, 0.1) is 0 Å². The lowest BCUT2D eigenvalue weighted by Crippen LogP contribution is -1.64. The first-order valence-electron chi connectivity index (χ1n) is 5.57. The highest BCUT2D eigenvalue weighted by atomic mass is 32.1. The summed E-state index contributed by atoms with van der Waals surface area (Å²) in [4.78, 5) is 0. The van der Waals surface area contributed by atoms with Crippen LogP contribution in [-0.4, -0.2) is 0 Å². The number of hydrogen-bond acceptors (Lipinski definition) is 4. The van der Waals surface area contributed by atoms with E-state index in [9.17, 15) is 0 Å². The summed E-state index contributed by atoms with van der Waals surface area (Å²) in [7, 11) is 0. The summed E-state index contributed by atoms with van der Waals surface area (Å²) in [6, 6.07) is 4.76. The van der Waals surface area contributed by atoms with Gasteiger partial charge in [-0.2, -0.15) is 22.7 Å². The first kappa shape index (κ1) is 9.92. The van der Waals surface area contributed by atoms with E-state index in [1.54, 1.807) is 22.7 Å². The molecule has 5 aromatic rings. The summed E-state index contributed by atoms with van der Waals surface area (Å²) >= 11 is 7.44. The van der Waals surface area contributed by atoms with Crippen LogP contribution in [0.4, 0.5) is 0 Å². The SMILES string of the molecule is c1scc2c1sc1cc3c(cc12)sc1cscc13. The topological polar surface area (TPSA) is 0 Å². The molecule has 0 nitrogen and oxygen atoms in total. The first-order chi connectivity index (χ1) is 8.90. The predicted molar refractivity (Wildman–Crippen MR) is 88.0 cm³/mol. The fourth-order valence-corrected chi connectivity index (χ4v) is 6.74. The lowest BCUT2D eigenvalue weighted by molar-refractivity contribution is 2.12. The quantitative estimate of drug-likeness (QED) is 0.304. The second kappa shape index (κ2) is 3.33. The highest BCUT2D eigenvalue weighted by Crippen LogP contribution is 2.43. The van der Waals surface area contributed by atoms with Crippen LogP contribution in [-0.2, 0) is 0 Å². The number of benzene rings is 1. The van der Waals surface area contributed by atoms with Crippen LogP contribution in [0.3, 0.4) is 0 Å². The van der Waals surface area contributed by atoms with Gasteiger partial charge in [0.2, 0.25) is 0 Å². The van der Waals surface area contributed by atoms with Crippen molar-refractivity contribution in [3.05, 3.63) is 33.7 Å². The van der Waals surface area contributed by atoms with Gasteiger partial charge in [-0.3, -0.25) is 0 Å². The zero-order valence-corrected chi connectivity index (χ0v) is 12.4. The molecule has 0 amide bonds.